The molecule has 0 fully saturated rings. The second-order valence-electron chi connectivity index (χ2n) is 7.86. The first kappa shape index (κ1) is 24.1. The van der Waals surface area contributed by atoms with Gasteiger partial charge in [0.2, 0.25) is 5.52 Å². The molecule has 1 aromatic carbocycles. The lowest BCUT2D eigenvalue weighted by Crippen LogP contribution is -3.00. The Morgan fingerprint density at radius 1 is 0.593 bits per heavy atom. The average molecular weight is 435 g/mol. The van der Waals surface area contributed by atoms with Gasteiger partial charge in [0.15, 0.2) is 6.20 Å². The molecule has 2 aromatic rings. The van der Waals surface area contributed by atoms with Crippen molar-refractivity contribution >= 4 is 10.9 Å². The molecule has 0 saturated heterocycles. The minimum Gasteiger partial charge on any atom is -1.00 e. The summed E-state index contributed by atoms with van der Waals surface area (Å²) >= 11 is 0. The third-order valence-electron chi connectivity index (χ3n) is 5.54. The predicted molar refractivity (Wildman–Crippen MR) is 114 cm³/mol. The van der Waals surface area contributed by atoms with Crippen LogP contribution in [0.2, 0.25) is 0 Å². The van der Waals surface area contributed by atoms with Gasteiger partial charge in [0, 0.05) is 23.9 Å². The third-order valence-corrected chi connectivity index (χ3v) is 5.54. The number of aryl methyl sites for hydroxylation is 1. The van der Waals surface area contributed by atoms with E-state index < -0.39 is 0 Å². The van der Waals surface area contributed by atoms with E-state index in [1.165, 1.54) is 101 Å². The summed E-state index contributed by atoms with van der Waals surface area (Å²) in [7, 11) is 0. The highest BCUT2D eigenvalue weighted by molar-refractivity contribution is 5.74. The van der Waals surface area contributed by atoms with E-state index in [1.807, 2.05) is 0 Å². The number of pyridine rings is 1. The fraction of sp³-hybridized carbons (Fsp3) is 0.640. The first-order valence-corrected chi connectivity index (χ1v) is 11.3. The maximum Gasteiger partial charge on any atom is 0.212 e. The predicted octanol–water partition coefficient (Wildman–Crippen LogP) is 4.61. The Kier molecular flexibility index (Phi) is 14.4. The second kappa shape index (κ2) is 16.1. The van der Waals surface area contributed by atoms with Gasteiger partial charge in [-0.15, -0.1) is 0 Å². The van der Waals surface area contributed by atoms with E-state index in [0.717, 1.165) is 6.54 Å². The number of nitrogens with zero attached hydrogens (tertiary/aromatic N) is 1. The van der Waals surface area contributed by atoms with Gasteiger partial charge in [-0.1, -0.05) is 96.1 Å². The summed E-state index contributed by atoms with van der Waals surface area (Å²) in [6.07, 6.45) is 22.2. The zero-order chi connectivity index (χ0) is 18.3. The molecule has 0 aliphatic heterocycles. The van der Waals surface area contributed by atoms with Crippen LogP contribution in [0, 0.1) is 0 Å². The van der Waals surface area contributed by atoms with Gasteiger partial charge in [0.25, 0.3) is 0 Å². The Morgan fingerprint density at radius 2 is 1.07 bits per heavy atom. The van der Waals surface area contributed by atoms with Crippen molar-refractivity contribution in [2.75, 3.05) is 0 Å². The molecule has 0 saturated carbocycles. The molecule has 0 radical (unpaired) electrons. The summed E-state index contributed by atoms with van der Waals surface area (Å²) in [5.41, 5.74) is 1.37. The molecular weight excluding hydrogens is 394 g/mol. The number of fused-ring (bicyclic) bond motifs is 1. The number of hydrogen-bond donors (Lipinski definition) is 0. The molecule has 2 heteroatoms. The summed E-state index contributed by atoms with van der Waals surface area (Å²) in [4.78, 5) is 0. The van der Waals surface area contributed by atoms with E-state index in [1.54, 1.807) is 0 Å². The number of hydrogen-bond acceptors (Lipinski definition) is 0. The molecule has 0 aliphatic carbocycles. The zero-order valence-electron chi connectivity index (χ0n) is 17.5. The maximum absolute atomic E-state index is 2.41. The Bertz CT molecular complexity index is 590. The minimum atomic E-state index is 0. The smallest absolute Gasteiger partial charge is 0.212 e. The highest BCUT2D eigenvalue weighted by atomic mass is 79.9. The average Bonchev–Trinajstić information content (AvgIpc) is 2.68. The van der Waals surface area contributed by atoms with Gasteiger partial charge in [-0.3, -0.25) is 0 Å². The van der Waals surface area contributed by atoms with Gasteiger partial charge >= 0.3 is 0 Å². The largest absolute Gasteiger partial charge is 1.00 e. The van der Waals surface area contributed by atoms with Crippen molar-refractivity contribution in [3.63, 3.8) is 0 Å². The van der Waals surface area contributed by atoms with Crippen molar-refractivity contribution in [2.24, 2.45) is 0 Å². The highest BCUT2D eigenvalue weighted by Crippen LogP contribution is 2.13. The lowest BCUT2D eigenvalue weighted by atomic mass is 10.0. The quantitative estimate of drug-likeness (QED) is 0.285. The van der Waals surface area contributed by atoms with Crippen LogP contribution in [-0.4, -0.2) is 0 Å². The number of halogens is 1. The van der Waals surface area contributed by atoms with Gasteiger partial charge in [-0.05, 0) is 18.6 Å². The molecule has 1 heterocycles. The molecule has 0 bridgehead atoms. The lowest BCUT2D eigenvalue weighted by Gasteiger charge is -2.03. The molecule has 0 atom stereocenters. The molecule has 0 N–H and O–H groups in total. The fourth-order valence-corrected chi connectivity index (χ4v) is 3.89. The van der Waals surface area contributed by atoms with Crippen LogP contribution in [0.5, 0.6) is 0 Å². The van der Waals surface area contributed by atoms with Crippen LogP contribution in [0.4, 0.5) is 0 Å². The van der Waals surface area contributed by atoms with Crippen LogP contribution in [0.25, 0.3) is 10.9 Å². The van der Waals surface area contributed by atoms with Crippen LogP contribution < -0.4 is 21.5 Å². The van der Waals surface area contributed by atoms with Crippen molar-refractivity contribution in [1.29, 1.82) is 0 Å². The fourth-order valence-electron chi connectivity index (χ4n) is 3.89. The van der Waals surface area contributed by atoms with E-state index in [9.17, 15) is 0 Å². The lowest BCUT2D eigenvalue weighted by molar-refractivity contribution is -0.671. The van der Waals surface area contributed by atoms with Gasteiger partial charge in [-0.2, -0.15) is 4.57 Å². The number of aromatic nitrogens is 1. The molecule has 1 nitrogen and oxygen atoms in total. The molecule has 0 unspecified atom stereocenters. The van der Waals surface area contributed by atoms with Crippen molar-refractivity contribution in [3.05, 3.63) is 42.6 Å². The van der Waals surface area contributed by atoms with Crippen molar-refractivity contribution < 1.29 is 21.5 Å². The number of unbranched alkanes of at least 4 members (excludes halogenated alkanes) is 13. The van der Waals surface area contributed by atoms with Gasteiger partial charge in [0.05, 0.1) is 0 Å². The Hall–Kier alpha value is -0.890. The summed E-state index contributed by atoms with van der Waals surface area (Å²) in [6.45, 7) is 3.45. The number of rotatable bonds is 15. The number of benzene rings is 1. The van der Waals surface area contributed by atoms with Gasteiger partial charge in [0.1, 0.15) is 6.54 Å². The van der Waals surface area contributed by atoms with E-state index in [0.29, 0.717) is 0 Å². The van der Waals surface area contributed by atoms with E-state index in [2.05, 4.69) is 54.1 Å². The van der Waals surface area contributed by atoms with Crippen molar-refractivity contribution in [2.45, 2.75) is 103 Å². The molecule has 0 aliphatic rings. The van der Waals surface area contributed by atoms with E-state index in [4.69, 9.17) is 0 Å². The van der Waals surface area contributed by atoms with Crippen LogP contribution in [-0.2, 0) is 6.54 Å². The highest BCUT2D eigenvalue weighted by Gasteiger charge is 2.06. The Morgan fingerprint density at radius 3 is 1.67 bits per heavy atom. The summed E-state index contributed by atoms with van der Waals surface area (Å²) < 4.78 is 2.41. The van der Waals surface area contributed by atoms with E-state index in [-0.39, 0.29) is 17.0 Å². The summed E-state index contributed by atoms with van der Waals surface area (Å²) in [5, 5.41) is 1.35. The molecule has 0 amide bonds. The minimum absolute atomic E-state index is 0. The summed E-state index contributed by atoms with van der Waals surface area (Å²) in [5.74, 6) is 0. The molecular formula is C25H40BrN. The van der Waals surface area contributed by atoms with Crippen LogP contribution in [0.3, 0.4) is 0 Å². The standard InChI is InChI=1S/C25H40N.BrH/c1-2-3-4-5-6-7-8-9-10-11-12-13-14-17-22-26-23-18-20-24-19-15-16-21-25(24)26;/h15-16,18-21,23H,2-14,17,22H2,1H3;1H/q+1;/p-1. The van der Waals surface area contributed by atoms with Crippen LogP contribution in [0.15, 0.2) is 42.6 Å². The molecule has 152 valence electrons. The Balaban J connectivity index is 0.00000364. The van der Waals surface area contributed by atoms with Crippen molar-refractivity contribution in [1.82, 2.24) is 0 Å². The zero-order valence-corrected chi connectivity index (χ0v) is 19.1. The number of para-hydroxylation sites is 1. The van der Waals surface area contributed by atoms with E-state index >= 15 is 0 Å². The van der Waals surface area contributed by atoms with Gasteiger partial charge in [-0.25, -0.2) is 0 Å². The normalized spacial score (nSPS) is 10.9. The second-order valence-corrected chi connectivity index (χ2v) is 7.86. The maximum atomic E-state index is 2.41. The van der Waals surface area contributed by atoms with Crippen molar-refractivity contribution in [3.8, 4) is 0 Å². The topological polar surface area (TPSA) is 3.88 Å². The molecule has 1 aromatic heterocycles. The van der Waals surface area contributed by atoms with Crippen LogP contribution in [0.1, 0.15) is 96.8 Å². The summed E-state index contributed by atoms with van der Waals surface area (Å²) in [6, 6.07) is 13.1. The van der Waals surface area contributed by atoms with Crippen LogP contribution >= 0.6 is 0 Å². The molecule has 0 spiro atoms. The monoisotopic (exact) mass is 433 g/mol. The third kappa shape index (κ3) is 10.3. The molecule has 2 rings (SSSR count). The SMILES string of the molecule is CCCCCCCCCCCCCCCC[n+]1cccc2ccccc21.[Br-]. The first-order valence-electron chi connectivity index (χ1n) is 11.3. The molecule has 27 heavy (non-hydrogen) atoms. The van der Waals surface area contributed by atoms with Gasteiger partial charge < -0.3 is 17.0 Å². The first-order chi connectivity index (χ1) is 12.9. The Labute approximate surface area is 178 Å².